The highest BCUT2D eigenvalue weighted by molar-refractivity contribution is 7.89. The van der Waals surface area contributed by atoms with Crippen LogP contribution in [0.25, 0.3) is 10.4 Å². The van der Waals surface area contributed by atoms with Crippen molar-refractivity contribution in [1.82, 2.24) is 0 Å². The first-order valence-electron chi connectivity index (χ1n) is 4.58. The average Bonchev–Trinajstić information content (AvgIpc) is 2.19. The van der Waals surface area contributed by atoms with Crippen molar-refractivity contribution >= 4 is 21.6 Å². The molecule has 0 fully saturated rings. The van der Waals surface area contributed by atoms with Crippen LogP contribution in [0.5, 0.6) is 0 Å². The second-order valence-corrected chi connectivity index (χ2v) is 4.89. The quantitative estimate of drug-likeness (QED) is 0.502. The average molecular weight is 254 g/mol. The molecule has 7 nitrogen and oxygen atoms in total. The van der Waals surface area contributed by atoms with Crippen molar-refractivity contribution < 1.29 is 13.2 Å². The van der Waals surface area contributed by atoms with Crippen LogP contribution in [-0.2, 0) is 20.6 Å². The molecule has 1 aromatic carbocycles. The number of benzene rings is 1. The Hall–Kier alpha value is -2.05. The van der Waals surface area contributed by atoms with E-state index in [1.807, 2.05) is 0 Å². The minimum Gasteiger partial charge on any atom is -0.326 e. The van der Waals surface area contributed by atoms with Crippen molar-refractivity contribution in [3.63, 3.8) is 0 Å². The number of amides is 1. The molecule has 0 aliphatic heterocycles. The molecule has 0 aliphatic rings. The molecule has 0 spiro atoms. The summed E-state index contributed by atoms with van der Waals surface area (Å²) in [6.07, 6.45) is 0. The third kappa shape index (κ3) is 4.54. The van der Waals surface area contributed by atoms with E-state index < -0.39 is 10.0 Å². The number of carbonyl (C=O) groups excluding carboxylic acids is 1. The Morgan fingerprint density at radius 3 is 2.47 bits per heavy atom. The third-order valence-electron chi connectivity index (χ3n) is 1.78. The van der Waals surface area contributed by atoms with Crippen LogP contribution < -0.4 is 5.32 Å². The molecule has 17 heavy (non-hydrogen) atoms. The Kier molecular flexibility index (Phi) is 4.08. The topological polar surface area (TPSA) is 112 Å². The summed E-state index contributed by atoms with van der Waals surface area (Å²) >= 11 is 0. The van der Waals surface area contributed by atoms with Gasteiger partial charge in [-0.15, -0.1) is 0 Å². The maximum Gasteiger partial charge on any atom is 0.239 e. The van der Waals surface area contributed by atoms with Crippen molar-refractivity contribution in [2.45, 2.75) is 12.7 Å². The van der Waals surface area contributed by atoms with E-state index in [0.29, 0.717) is 11.3 Å². The normalized spacial score (nSPS) is 10.4. The first kappa shape index (κ1) is 13.0. The van der Waals surface area contributed by atoms with Crippen molar-refractivity contribution in [3.05, 3.63) is 40.3 Å². The highest BCUT2D eigenvalue weighted by atomic mass is 32.2. The zero-order valence-corrected chi connectivity index (χ0v) is 9.81. The van der Waals surface area contributed by atoms with Crippen LogP contribution in [0.4, 0.5) is 5.69 Å². The van der Waals surface area contributed by atoms with Gasteiger partial charge in [0.05, 0.1) is 5.75 Å². The molecule has 0 atom stereocenters. The number of anilines is 1. The van der Waals surface area contributed by atoms with Gasteiger partial charge in [0, 0.05) is 22.0 Å². The minimum atomic E-state index is -3.80. The highest BCUT2D eigenvalue weighted by Gasteiger charge is 2.08. The van der Waals surface area contributed by atoms with Crippen LogP contribution >= 0.6 is 0 Å². The van der Waals surface area contributed by atoms with Gasteiger partial charge in [-0.3, -0.25) is 4.79 Å². The van der Waals surface area contributed by atoms with Gasteiger partial charge in [-0.2, -0.15) is 0 Å². The fourth-order valence-corrected chi connectivity index (χ4v) is 1.97. The van der Waals surface area contributed by atoms with Crippen LogP contribution in [0.3, 0.4) is 0 Å². The number of hydrogen-bond donors (Lipinski definition) is 1. The lowest BCUT2D eigenvalue weighted by atomic mass is 10.2. The zero-order chi connectivity index (χ0) is 12.9. The smallest absolute Gasteiger partial charge is 0.239 e. The number of azide groups is 1. The van der Waals surface area contributed by atoms with Gasteiger partial charge in [0.1, 0.15) is 0 Å². The van der Waals surface area contributed by atoms with Gasteiger partial charge in [-0.1, -0.05) is 12.1 Å². The molecule has 1 rings (SSSR count). The summed E-state index contributed by atoms with van der Waals surface area (Å²) in [5, 5.41) is 2.55. The van der Waals surface area contributed by atoms with Gasteiger partial charge in [-0.25, -0.2) is 8.42 Å². The summed E-state index contributed by atoms with van der Waals surface area (Å²) in [7, 11) is -3.80. The van der Waals surface area contributed by atoms with Gasteiger partial charge in [0.2, 0.25) is 15.9 Å². The maximum atomic E-state index is 11.2. The molecule has 0 unspecified atom stereocenters. The van der Waals surface area contributed by atoms with Crippen LogP contribution in [0.2, 0.25) is 0 Å². The van der Waals surface area contributed by atoms with E-state index in [4.69, 9.17) is 5.53 Å². The van der Waals surface area contributed by atoms with E-state index in [0.717, 1.165) is 0 Å². The van der Waals surface area contributed by atoms with E-state index in [1.54, 1.807) is 12.1 Å². The lowest BCUT2D eigenvalue weighted by molar-refractivity contribution is -0.114. The largest absolute Gasteiger partial charge is 0.326 e. The van der Waals surface area contributed by atoms with E-state index in [9.17, 15) is 13.2 Å². The molecule has 0 bridgehead atoms. The van der Waals surface area contributed by atoms with Crippen LogP contribution in [-0.4, -0.2) is 14.3 Å². The van der Waals surface area contributed by atoms with Crippen molar-refractivity contribution in [3.8, 4) is 0 Å². The molecule has 0 aromatic heterocycles. The Bertz CT molecular complexity index is 558. The molecular formula is C9H10N4O3S. The van der Waals surface area contributed by atoms with Crippen LogP contribution in [0.1, 0.15) is 12.5 Å². The standard InChI is InChI=1S/C9H10N4O3S/c1-7(14)11-9-4-2-8(3-5-9)6-17(15,16)13-12-10/h2-5H,6H2,1H3,(H,11,14). The Morgan fingerprint density at radius 2 is 2.00 bits per heavy atom. The van der Waals surface area contributed by atoms with Crippen molar-refractivity contribution in [2.75, 3.05) is 5.32 Å². The molecule has 1 N–H and O–H groups in total. The SMILES string of the molecule is CC(=O)Nc1ccc(CS(=O)(=O)N=[N+]=[N-])cc1. The zero-order valence-electron chi connectivity index (χ0n) is 8.99. The number of nitrogens with zero attached hydrogens (tertiary/aromatic N) is 3. The third-order valence-corrected chi connectivity index (χ3v) is 2.80. The van der Waals surface area contributed by atoms with E-state index >= 15 is 0 Å². The Labute approximate surface area is 98.1 Å². The molecule has 0 heterocycles. The van der Waals surface area contributed by atoms with E-state index in [1.165, 1.54) is 19.1 Å². The minimum absolute atomic E-state index is 0.209. The van der Waals surface area contributed by atoms with Crippen LogP contribution in [0, 0.1) is 0 Å². The first-order valence-corrected chi connectivity index (χ1v) is 6.19. The highest BCUT2D eigenvalue weighted by Crippen LogP contribution is 2.12. The summed E-state index contributed by atoms with van der Waals surface area (Å²) in [5.74, 6) is -0.573. The summed E-state index contributed by atoms with van der Waals surface area (Å²) in [5.41, 5.74) is 9.10. The van der Waals surface area contributed by atoms with Gasteiger partial charge in [-0.05, 0) is 23.2 Å². The summed E-state index contributed by atoms with van der Waals surface area (Å²) in [4.78, 5) is 13.0. The molecule has 8 heteroatoms. The second-order valence-electron chi connectivity index (χ2n) is 3.28. The molecule has 0 aliphatic carbocycles. The molecular weight excluding hydrogens is 244 g/mol. The second kappa shape index (κ2) is 5.33. The Morgan fingerprint density at radius 1 is 1.41 bits per heavy atom. The first-order chi connectivity index (χ1) is 7.93. The molecule has 0 saturated carbocycles. The van der Waals surface area contributed by atoms with Gasteiger partial charge in [0.15, 0.2) is 0 Å². The predicted octanol–water partition coefficient (Wildman–Crippen LogP) is 1.79. The van der Waals surface area contributed by atoms with Gasteiger partial charge in [0.25, 0.3) is 0 Å². The Balaban J connectivity index is 2.82. The monoisotopic (exact) mass is 254 g/mol. The van der Waals surface area contributed by atoms with E-state index in [-0.39, 0.29) is 11.7 Å². The summed E-state index contributed by atoms with van der Waals surface area (Å²) in [6.45, 7) is 1.38. The van der Waals surface area contributed by atoms with Crippen molar-refractivity contribution in [1.29, 1.82) is 0 Å². The molecule has 90 valence electrons. The summed E-state index contributed by atoms with van der Waals surface area (Å²) in [6, 6.07) is 6.22. The predicted molar refractivity (Wildman–Crippen MR) is 62.5 cm³/mol. The number of rotatable bonds is 4. The lowest BCUT2D eigenvalue weighted by Crippen LogP contribution is -2.06. The van der Waals surface area contributed by atoms with Crippen molar-refractivity contribution in [2.24, 2.45) is 4.52 Å². The van der Waals surface area contributed by atoms with Gasteiger partial charge < -0.3 is 5.32 Å². The molecule has 1 aromatic rings. The lowest BCUT2D eigenvalue weighted by Gasteiger charge is -2.03. The molecule has 0 radical (unpaired) electrons. The van der Waals surface area contributed by atoms with E-state index in [2.05, 4.69) is 14.7 Å². The van der Waals surface area contributed by atoms with Crippen LogP contribution in [0.15, 0.2) is 28.8 Å². The number of hydrogen-bond acceptors (Lipinski definition) is 3. The fraction of sp³-hybridized carbons (Fsp3) is 0.222. The number of sulfonamides is 1. The van der Waals surface area contributed by atoms with Gasteiger partial charge >= 0.3 is 0 Å². The molecule has 1 amide bonds. The number of carbonyl (C=O) groups is 1. The maximum absolute atomic E-state index is 11.2. The number of nitrogens with one attached hydrogen (secondary N) is 1. The molecule has 0 saturated heterocycles. The fourth-order valence-electron chi connectivity index (χ4n) is 1.18. The summed E-state index contributed by atoms with van der Waals surface area (Å²) < 4.78 is 25.1.